The second-order valence-corrected chi connectivity index (χ2v) is 4.99. The molecule has 2 aliphatic rings. The van der Waals surface area contributed by atoms with Gasteiger partial charge in [0.1, 0.15) is 0 Å². The molecule has 2 saturated carbocycles. The van der Waals surface area contributed by atoms with Gasteiger partial charge in [-0.2, -0.15) is 0 Å². The molecule has 0 bridgehead atoms. The third-order valence-corrected chi connectivity index (χ3v) is 4.20. The van der Waals surface area contributed by atoms with E-state index in [1.807, 2.05) is 0 Å². The van der Waals surface area contributed by atoms with Gasteiger partial charge in [0, 0.05) is 0 Å². The highest BCUT2D eigenvalue weighted by molar-refractivity contribution is 5.76. The van der Waals surface area contributed by atoms with E-state index in [0.29, 0.717) is 18.4 Å². The van der Waals surface area contributed by atoms with Crippen LogP contribution in [0, 0.1) is 23.2 Å². The number of methoxy groups -OCH3 is 1. The Morgan fingerprint density at radius 2 is 2.36 bits per heavy atom. The summed E-state index contributed by atoms with van der Waals surface area (Å²) in [4.78, 5) is 11.5. The number of hydrogen-bond donors (Lipinski definition) is 1. The SMILES string of the molecule is COC(=O)C1C2CCCC(C)(CN)C21. The number of esters is 1. The van der Waals surface area contributed by atoms with Crippen LogP contribution in [0.25, 0.3) is 0 Å². The van der Waals surface area contributed by atoms with Crippen molar-refractivity contribution in [2.24, 2.45) is 28.9 Å². The number of carbonyl (C=O) groups is 1. The number of hydrogen-bond acceptors (Lipinski definition) is 3. The first-order valence-corrected chi connectivity index (χ1v) is 5.42. The molecular weight excluding hydrogens is 178 g/mol. The van der Waals surface area contributed by atoms with Crippen molar-refractivity contribution in [1.29, 1.82) is 0 Å². The molecule has 0 amide bonds. The van der Waals surface area contributed by atoms with Gasteiger partial charge in [0.05, 0.1) is 13.0 Å². The van der Waals surface area contributed by atoms with Gasteiger partial charge in [0.25, 0.3) is 0 Å². The van der Waals surface area contributed by atoms with Gasteiger partial charge in [0.15, 0.2) is 0 Å². The summed E-state index contributed by atoms with van der Waals surface area (Å²) in [5.41, 5.74) is 5.99. The first-order chi connectivity index (χ1) is 6.64. The summed E-state index contributed by atoms with van der Waals surface area (Å²) >= 11 is 0. The molecule has 3 heteroatoms. The molecule has 0 aliphatic heterocycles. The Balaban J connectivity index is 2.11. The Labute approximate surface area is 85.0 Å². The van der Waals surface area contributed by atoms with Crippen LogP contribution in [0.4, 0.5) is 0 Å². The first-order valence-electron chi connectivity index (χ1n) is 5.42. The van der Waals surface area contributed by atoms with Crippen LogP contribution in [-0.4, -0.2) is 19.6 Å². The van der Waals surface area contributed by atoms with Crippen molar-refractivity contribution < 1.29 is 9.53 Å². The molecule has 2 N–H and O–H groups in total. The quantitative estimate of drug-likeness (QED) is 0.676. The van der Waals surface area contributed by atoms with Crippen LogP contribution >= 0.6 is 0 Å². The van der Waals surface area contributed by atoms with Crippen LogP contribution in [0.1, 0.15) is 26.2 Å². The molecule has 0 aromatic heterocycles. The molecule has 0 spiro atoms. The van der Waals surface area contributed by atoms with E-state index in [4.69, 9.17) is 10.5 Å². The molecule has 0 aromatic carbocycles. The minimum absolute atomic E-state index is 0.0263. The number of ether oxygens (including phenoxy) is 1. The van der Waals surface area contributed by atoms with E-state index < -0.39 is 0 Å². The number of nitrogens with two attached hydrogens (primary N) is 1. The molecule has 3 nitrogen and oxygen atoms in total. The number of fused-ring (bicyclic) bond motifs is 1. The van der Waals surface area contributed by atoms with Crippen molar-refractivity contribution in [2.45, 2.75) is 26.2 Å². The number of rotatable bonds is 2. The van der Waals surface area contributed by atoms with Gasteiger partial charge < -0.3 is 10.5 Å². The van der Waals surface area contributed by atoms with E-state index >= 15 is 0 Å². The van der Waals surface area contributed by atoms with E-state index in [1.165, 1.54) is 20.0 Å². The lowest BCUT2D eigenvalue weighted by atomic mass is 9.75. The number of carbonyl (C=O) groups excluding carboxylic acids is 1. The fourth-order valence-corrected chi connectivity index (χ4v) is 3.29. The third-order valence-electron chi connectivity index (χ3n) is 4.20. The summed E-state index contributed by atoms with van der Waals surface area (Å²) in [5, 5.41) is 0. The lowest BCUT2D eigenvalue weighted by Crippen LogP contribution is -2.33. The maximum atomic E-state index is 11.5. The van der Waals surface area contributed by atoms with Crippen molar-refractivity contribution in [1.82, 2.24) is 0 Å². The van der Waals surface area contributed by atoms with Gasteiger partial charge in [0.2, 0.25) is 0 Å². The molecule has 2 aliphatic carbocycles. The molecule has 4 atom stereocenters. The summed E-state index contributed by atoms with van der Waals surface area (Å²) in [7, 11) is 1.48. The average Bonchev–Trinajstić information content (AvgIpc) is 2.93. The predicted octanol–water partition coefficient (Wildman–Crippen LogP) is 1.17. The van der Waals surface area contributed by atoms with Crippen molar-refractivity contribution in [3.05, 3.63) is 0 Å². The Morgan fingerprint density at radius 3 is 2.93 bits per heavy atom. The minimum atomic E-state index is -0.0263. The normalized spacial score (nSPS) is 45.5. The lowest BCUT2D eigenvalue weighted by molar-refractivity contribution is -0.143. The average molecular weight is 197 g/mol. The monoisotopic (exact) mass is 197 g/mol. The van der Waals surface area contributed by atoms with Crippen molar-refractivity contribution in [3.63, 3.8) is 0 Å². The van der Waals surface area contributed by atoms with Crippen LogP contribution < -0.4 is 5.73 Å². The third kappa shape index (κ3) is 1.26. The molecule has 0 heterocycles. The zero-order valence-electron chi connectivity index (χ0n) is 8.95. The van der Waals surface area contributed by atoms with Crippen LogP contribution in [0.5, 0.6) is 0 Å². The zero-order valence-corrected chi connectivity index (χ0v) is 8.95. The highest BCUT2D eigenvalue weighted by Gasteiger charge is 2.63. The zero-order chi connectivity index (χ0) is 10.3. The molecule has 2 rings (SSSR count). The molecule has 0 aromatic rings. The fourth-order valence-electron chi connectivity index (χ4n) is 3.29. The summed E-state index contributed by atoms with van der Waals surface area (Å²) in [5.74, 6) is 1.18. The first kappa shape index (κ1) is 9.97. The van der Waals surface area contributed by atoms with E-state index in [-0.39, 0.29) is 17.3 Å². The van der Waals surface area contributed by atoms with Crippen molar-refractivity contribution in [3.8, 4) is 0 Å². The molecule has 2 fully saturated rings. The summed E-state index contributed by atoms with van der Waals surface area (Å²) in [6, 6.07) is 0. The van der Waals surface area contributed by atoms with Gasteiger partial charge >= 0.3 is 5.97 Å². The fraction of sp³-hybridized carbons (Fsp3) is 0.909. The Kier molecular flexibility index (Phi) is 2.30. The molecule has 4 unspecified atom stereocenters. The van der Waals surface area contributed by atoms with Crippen LogP contribution in [0.3, 0.4) is 0 Å². The standard InChI is InChI=1S/C11H19NO2/c1-11(6-12)5-3-4-7-8(9(7)11)10(13)14-2/h7-9H,3-6,12H2,1-2H3. The summed E-state index contributed by atoms with van der Waals surface area (Å²) in [6.45, 7) is 2.91. The highest BCUT2D eigenvalue weighted by Crippen LogP contribution is 2.63. The Morgan fingerprint density at radius 1 is 1.64 bits per heavy atom. The molecule has 0 saturated heterocycles. The second-order valence-electron chi connectivity index (χ2n) is 4.99. The maximum Gasteiger partial charge on any atom is 0.309 e. The summed E-state index contributed by atoms with van der Waals surface area (Å²) < 4.78 is 4.82. The lowest BCUT2D eigenvalue weighted by Gasteiger charge is -2.32. The van der Waals surface area contributed by atoms with Crippen molar-refractivity contribution in [2.75, 3.05) is 13.7 Å². The van der Waals surface area contributed by atoms with Crippen LogP contribution in [-0.2, 0) is 9.53 Å². The largest absolute Gasteiger partial charge is 0.469 e. The van der Waals surface area contributed by atoms with Crippen LogP contribution in [0.15, 0.2) is 0 Å². The minimum Gasteiger partial charge on any atom is -0.469 e. The predicted molar refractivity (Wildman–Crippen MR) is 53.5 cm³/mol. The Hall–Kier alpha value is -0.570. The molecular formula is C11H19NO2. The maximum absolute atomic E-state index is 11.5. The summed E-state index contributed by atoms with van der Waals surface area (Å²) in [6.07, 6.45) is 3.56. The van der Waals surface area contributed by atoms with Gasteiger partial charge in [-0.25, -0.2) is 0 Å². The van der Waals surface area contributed by atoms with Gasteiger partial charge in [-0.3, -0.25) is 4.79 Å². The highest BCUT2D eigenvalue weighted by atomic mass is 16.5. The van der Waals surface area contributed by atoms with Gasteiger partial charge in [-0.1, -0.05) is 13.3 Å². The van der Waals surface area contributed by atoms with E-state index in [0.717, 1.165) is 6.42 Å². The smallest absolute Gasteiger partial charge is 0.309 e. The van der Waals surface area contributed by atoms with Crippen molar-refractivity contribution >= 4 is 5.97 Å². The molecule has 0 radical (unpaired) electrons. The molecule has 14 heavy (non-hydrogen) atoms. The van der Waals surface area contributed by atoms with Crippen LogP contribution in [0.2, 0.25) is 0 Å². The van der Waals surface area contributed by atoms with Gasteiger partial charge in [-0.15, -0.1) is 0 Å². The van der Waals surface area contributed by atoms with Gasteiger partial charge in [-0.05, 0) is 36.6 Å². The van der Waals surface area contributed by atoms with E-state index in [1.54, 1.807) is 0 Å². The Bertz CT molecular complexity index is 254. The van der Waals surface area contributed by atoms with E-state index in [9.17, 15) is 4.79 Å². The second kappa shape index (κ2) is 3.23. The molecule has 80 valence electrons. The topological polar surface area (TPSA) is 52.3 Å². The van der Waals surface area contributed by atoms with E-state index in [2.05, 4.69) is 6.92 Å².